The zero-order valence-electron chi connectivity index (χ0n) is 29.1. The molecule has 0 aromatic rings. The summed E-state index contributed by atoms with van der Waals surface area (Å²) in [7, 11) is 0. The van der Waals surface area contributed by atoms with Gasteiger partial charge in [0.25, 0.3) is 0 Å². The molecule has 0 aromatic heterocycles. The van der Waals surface area contributed by atoms with Gasteiger partial charge in [0.05, 0.1) is 17.6 Å². The number of aliphatic hydroxyl groups excluding tert-OH is 1. The molecule has 2 saturated heterocycles. The van der Waals surface area contributed by atoms with Crippen LogP contribution < -0.4 is 0 Å². The molecule has 12 heteroatoms. The van der Waals surface area contributed by atoms with E-state index in [4.69, 9.17) is 24.1 Å². The van der Waals surface area contributed by atoms with Crippen molar-refractivity contribution in [1.29, 1.82) is 0 Å². The van der Waals surface area contributed by atoms with Gasteiger partial charge in [-0.25, -0.2) is 4.79 Å². The van der Waals surface area contributed by atoms with E-state index < -0.39 is 81.8 Å². The van der Waals surface area contributed by atoms with Gasteiger partial charge in [0.1, 0.15) is 23.6 Å². The molecule has 0 radical (unpaired) electrons. The zero-order chi connectivity index (χ0) is 35.5. The molecule has 5 aliphatic carbocycles. The minimum absolute atomic E-state index is 0.0556. The van der Waals surface area contributed by atoms with Gasteiger partial charge in [-0.15, -0.1) is 0 Å². The van der Waals surface area contributed by atoms with Crippen molar-refractivity contribution in [2.45, 2.75) is 123 Å². The van der Waals surface area contributed by atoms with Gasteiger partial charge in [0.15, 0.2) is 11.4 Å². The van der Waals surface area contributed by atoms with Crippen LogP contribution in [0.3, 0.4) is 0 Å². The Kier molecular flexibility index (Phi) is 8.28. The first-order chi connectivity index (χ1) is 22.2. The third kappa shape index (κ3) is 4.82. The summed E-state index contributed by atoms with van der Waals surface area (Å²) < 4.78 is 24.0. The number of aliphatic carboxylic acids is 1. The number of carboxylic acid groups (broad SMARTS) is 1. The highest BCUT2D eigenvalue weighted by Crippen LogP contribution is 2.73. The molecule has 15 atom stereocenters. The third-order valence-electron chi connectivity index (χ3n) is 13.4. The Hall–Kier alpha value is -2.83. The standard InChI is InChI=1S/C31H40O10.C5H10O2/c1-12-9-19-29(5,30(6,37)27(36)40-19)23-21(12)31(41-14(3)33)8-7-15-20(22(31)26(23)38-13(2)32)25(35)24(34)16-10-17-18(39-17)11-28(15,16)4;1-4(2)3-5(6)7/h9,12,15-18,20-23,25-26,35,37H,7-8,10-11H2,1-6H3;4H,3H2,1-2H3,(H,6,7)/t12-,15?,16?,17?,18-,20?,21?,22?,23?,25?,26-,28?,29?,30-,31?;/m1./s1. The Bertz CT molecular complexity index is 1450. The van der Waals surface area contributed by atoms with Crippen molar-refractivity contribution in [2.24, 2.45) is 58.2 Å². The Morgan fingerprint density at radius 1 is 1.04 bits per heavy atom. The van der Waals surface area contributed by atoms with E-state index in [1.54, 1.807) is 6.92 Å². The van der Waals surface area contributed by atoms with Crippen LogP contribution in [-0.4, -0.2) is 80.6 Å². The number of Topliss-reactive ketones (excluding diaryl/α,β-unsaturated/α-hetero) is 1. The average Bonchev–Trinajstić information content (AvgIpc) is 3.61. The van der Waals surface area contributed by atoms with Crippen LogP contribution >= 0.6 is 0 Å². The van der Waals surface area contributed by atoms with E-state index in [1.165, 1.54) is 20.8 Å². The van der Waals surface area contributed by atoms with Crippen molar-refractivity contribution in [2.75, 3.05) is 0 Å². The highest BCUT2D eigenvalue weighted by atomic mass is 16.6. The van der Waals surface area contributed by atoms with Gasteiger partial charge in [-0.05, 0) is 68.8 Å². The lowest BCUT2D eigenvalue weighted by molar-refractivity contribution is -0.218. The first-order valence-electron chi connectivity index (χ1n) is 17.3. The first kappa shape index (κ1) is 35.0. The Morgan fingerprint density at radius 3 is 2.27 bits per heavy atom. The molecule has 6 fully saturated rings. The minimum Gasteiger partial charge on any atom is -0.481 e. The van der Waals surface area contributed by atoms with Crippen LogP contribution in [-0.2, 0) is 42.9 Å². The largest absolute Gasteiger partial charge is 0.481 e. The maximum atomic E-state index is 14.0. The predicted molar refractivity (Wildman–Crippen MR) is 166 cm³/mol. The highest BCUT2D eigenvalue weighted by Gasteiger charge is 2.80. The van der Waals surface area contributed by atoms with Crippen molar-refractivity contribution in [3.05, 3.63) is 11.8 Å². The molecule has 0 bridgehead atoms. The number of aliphatic hydroxyl groups is 2. The quantitative estimate of drug-likeness (QED) is 0.225. The molecule has 0 spiro atoms. The Labute approximate surface area is 280 Å². The summed E-state index contributed by atoms with van der Waals surface area (Å²) in [4.78, 5) is 62.4. The van der Waals surface area contributed by atoms with Crippen LogP contribution in [0, 0.1) is 58.2 Å². The van der Waals surface area contributed by atoms with Crippen molar-refractivity contribution in [1.82, 2.24) is 0 Å². The second kappa shape index (κ2) is 11.3. The van der Waals surface area contributed by atoms with E-state index in [0.29, 0.717) is 31.4 Å². The molecule has 3 N–H and O–H groups in total. The number of allylic oxidation sites excluding steroid dienone is 1. The van der Waals surface area contributed by atoms with Crippen molar-refractivity contribution < 1.29 is 58.2 Å². The summed E-state index contributed by atoms with van der Waals surface area (Å²) in [5, 5.41) is 31.6. The normalized spacial score (nSPS) is 49.3. The summed E-state index contributed by atoms with van der Waals surface area (Å²) in [6, 6.07) is 0. The number of esters is 3. The lowest BCUT2D eigenvalue weighted by Gasteiger charge is -2.60. The minimum atomic E-state index is -1.95. The molecule has 7 aliphatic rings. The van der Waals surface area contributed by atoms with Crippen LogP contribution in [0.5, 0.6) is 0 Å². The summed E-state index contributed by atoms with van der Waals surface area (Å²) in [5.41, 5.74) is -4.91. The highest BCUT2D eigenvalue weighted by molar-refractivity contribution is 5.88. The molecule has 12 nitrogen and oxygen atoms in total. The fraction of sp³-hybridized carbons (Fsp3) is 0.806. The molecule has 2 aliphatic heterocycles. The fourth-order valence-corrected chi connectivity index (χ4v) is 11.4. The van der Waals surface area contributed by atoms with Gasteiger partial charge in [-0.1, -0.05) is 27.7 Å². The molecule has 2 heterocycles. The van der Waals surface area contributed by atoms with E-state index in [0.717, 1.165) is 0 Å². The van der Waals surface area contributed by atoms with Gasteiger partial charge in [0.2, 0.25) is 0 Å². The van der Waals surface area contributed by atoms with Gasteiger partial charge in [0, 0.05) is 49.9 Å². The van der Waals surface area contributed by atoms with E-state index in [-0.39, 0.29) is 48.1 Å². The summed E-state index contributed by atoms with van der Waals surface area (Å²) in [6.45, 7) is 13.6. The van der Waals surface area contributed by atoms with Crippen molar-refractivity contribution in [3.63, 3.8) is 0 Å². The summed E-state index contributed by atoms with van der Waals surface area (Å²) >= 11 is 0. The zero-order valence-corrected chi connectivity index (χ0v) is 29.1. The number of hydrogen-bond donors (Lipinski definition) is 3. The number of rotatable bonds is 4. The Balaban J connectivity index is 0.000000519. The van der Waals surface area contributed by atoms with Crippen molar-refractivity contribution >= 4 is 29.7 Å². The molecule has 266 valence electrons. The van der Waals surface area contributed by atoms with Crippen LogP contribution in [0.15, 0.2) is 11.8 Å². The van der Waals surface area contributed by atoms with Crippen LogP contribution in [0.25, 0.3) is 0 Å². The van der Waals surface area contributed by atoms with Gasteiger partial charge < -0.3 is 34.3 Å². The first-order valence-corrected chi connectivity index (χ1v) is 17.3. The monoisotopic (exact) mass is 674 g/mol. The third-order valence-corrected chi connectivity index (χ3v) is 13.4. The summed E-state index contributed by atoms with van der Waals surface area (Å²) in [6.07, 6.45) is 2.28. The average molecular weight is 675 g/mol. The maximum Gasteiger partial charge on any atom is 0.343 e. The predicted octanol–water partition coefficient (Wildman–Crippen LogP) is 3.20. The van der Waals surface area contributed by atoms with E-state index in [9.17, 15) is 34.2 Å². The van der Waals surface area contributed by atoms with Crippen LogP contribution in [0.1, 0.15) is 87.5 Å². The lowest BCUT2D eigenvalue weighted by Crippen LogP contribution is -2.66. The molecular formula is C36H50O12. The second-order valence-electron chi connectivity index (χ2n) is 16.5. The van der Waals surface area contributed by atoms with Gasteiger partial charge >= 0.3 is 23.9 Å². The fourth-order valence-electron chi connectivity index (χ4n) is 11.4. The number of hydrogen-bond acceptors (Lipinski definition) is 11. The Morgan fingerprint density at radius 2 is 1.71 bits per heavy atom. The van der Waals surface area contributed by atoms with Crippen LogP contribution in [0.4, 0.5) is 0 Å². The number of carbonyl (C=O) groups excluding carboxylic acids is 4. The van der Waals surface area contributed by atoms with Crippen molar-refractivity contribution in [3.8, 4) is 0 Å². The molecule has 4 saturated carbocycles. The van der Waals surface area contributed by atoms with E-state index >= 15 is 0 Å². The summed E-state index contributed by atoms with van der Waals surface area (Å²) in [5.74, 6) is -5.56. The number of carboxylic acids is 1. The molecule has 11 unspecified atom stereocenters. The lowest BCUT2D eigenvalue weighted by atomic mass is 9.45. The van der Waals surface area contributed by atoms with Gasteiger partial charge in [-0.3, -0.25) is 19.2 Å². The number of fused-ring (bicyclic) bond motifs is 10. The number of carbonyl (C=O) groups is 5. The second-order valence-corrected chi connectivity index (χ2v) is 16.5. The number of epoxide rings is 1. The van der Waals surface area contributed by atoms with Gasteiger partial charge in [-0.2, -0.15) is 0 Å². The topological polar surface area (TPSA) is 186 Å². The SMILES string of the molecule is CC(=O)O[C@@H]1C2C3C(O)C(=O)C4CC5O[C@@H]5CC4(C)C3CCC2(OC(C)=O)C2C1C1(C)C(=C[C@H]2C)OC(=O)[C@@]1(C)O.CC(C)CC(=O)O. The van der Waals surface area contributed by atoms with E-state index in [2.05, 4.69) is 6.92 Å². The number of ether oxygens (including phenoxy) is 4. The van der Waals surface area contributed by atoms with Crippen LogP contribution in [0.2, 0.25) is 0 Å². The molecule has 0 aromatic carbocycles. The molecule has 48 heavy (non-hydrogen) atoms. The number of ketones is 1. The molecule has 7 rings (SSSR count). The maximum absolute atomic E-state index is 14.0. The molecular weight excluding hydrogens is 624 g/mol. The van der Waals surface area contributed by atoms with E-state index in [1.807, 2.05) is 26.8 Å². The smallest absolute Gasteiger partial charge is 0.343 e. The molecule has 0 amide bonds.